The smallest absolute Gasteiger partial charge is 0.300 e. The summed E-state index contributed by atoms with van der Waals surface area (Å²) >= 11 is 0. The van der Waals surface area contributed by atoms with Gasteiger partial charge in [-0.15, -0.1) is 0 Å². The zero-order valence-corrected chi connectivity index (χ0v) is 15.1. The lowest BCUT2D eigenvalue weighted by Gasteiger charge is -2.29. The maximum absolute atomic E-state index is 12.9. The van der Waals surface area contributed by atoms with E-state index in [0.717, 1.165) is 26.6 Å². The summed E-state index contributed by atoms with van der Waals surface area (Å²) in [4.78, 5) is 27.0. The van der Waals surface area contributed by atoms with Crippen LogP contribution < -0.4 is 5.32 Å². The summed E-state index contributed by atoms with van der Waals surface area (Å²) in [6, 6.07) is 12.4. The Balaban J connectivity index is 0.000000447. The fourth-order valence-corrected chi connectivity index (χ4v) is 4.06. The number of carbonyl (C=O) groups excluding carboxylic acids is 1. The minimum atomic E-state index is -0.833. The summed E-state index contributed by atoms with van der Waals surface area (Å²) in [5, 5.41) is 10.9. The van der Waals surface area contributed by atoms with Gasteiger partial charge in [0.25, 0.3) is 11.9 Å². The largest absolute Gasteiger partial charge is 0.481 e. The van der Waals surface area contributed by atoms with Gasteiger partial charge in [0.2, 0.25) is 0 Å². The van der Waals surface area contributed by atoms with E-state index in [1.807, 2.05) is 18.3 Å². The zero-order valence-electron chi connectivity index (χ0n) is 15.1. The van der Waals surface area contributed by atoms with Crippen LogP contribution in [0.3, 0.4) is 0 Å². The number of H-pyrrole nitrogens is 1. The number of carboxylic acids is 1. The van der Waals surface area contributed by atoms with Gasteiger partial charge in [0, 0.05) is 38.7 Å². The number of rotatable bonds is 2. The number of hydrogen-bond donors (Lipinski definition) is 3. The second-order valence-electron chi connectivity index (χ2n) is 6.94. The topological polar surface area (TPSA) is 85.4 Å². The average Bonchev–Trinajstić information content (AvgIpc) is 3.31. The number of benzene rings is 1. The van der Waals surface area contributed by atoms with Crippen LogP contribution in [0, 0.1) is 18.8 Å². The van der Waals surface area contributed by atoms with Crippen molar-refractivity contribution in [1.29, 1.82) is 0 Å². The first-order valence-electron chi connectivity index (χ1n) is 8.89. The predicted molar refractivity (Wildman–Crippen MR) is 98.9 cm³/mol. The van der Waals surface area contributed by atoms with E-state index in [1.54, 1.807) is 0 Å². The normalized spacial score (nSPS) is 23.9. The summed E-state index contributed by atoms with van der Waals surface area (Å²) in [7, 11) is 0. The van der Waals surface area contributed by atoms with Crippen LogP contribution in [0.1, 0.15) is 34.6 Å². The van der Waals surface area contributed by atoms with Crippen LogP contribution in [0.25, 0.3) is 0 Å². The monoisotopic (exact) mass is 355 g/mol. The van der Waals surface area contributed by atoms with Gasteiger partial charge in [0.05, 0.1) is 6.04 Å². The van der Waals surface area contributed by atoms with E-state index in [9.17, 15) is 4.79 Å². The first-order valence-corrected chi connectivity index (χ1v) is 8.89. The third-order valence-electron chi connectivity index (χ3n) is 5.16. The van der Waals surface area contributed by atoms with Crippen LogP contribution in [-0.4, -0.2) is 46.5 Å². The number of hydrogen-bond acceptors (Lipinski definition) is 3. The van der Waals surface area contributed by atoms with Crippen molar-refractivity contribution >= 4 is 11.9 Å². The van der Waals surface area contributed by atoms with Crippen molar-refractivity contribution in [2.24, 2.45) is 11.8 Å². The maximum Gasteiger partial charge on any atom is 0.300 e. The molecule has 138 valence electrons. The Morgan fingerprint density at radius 3 is 2.54 bits per heavy atom. The van der Waals surface area contributed by atoms with Crippen LogP contribution in [-0.2, 0) is 4.79 Å². The number of aromatic amines is 1. The number of aliphatic carboxylic acids is 1. The van der Waals surface area contributed by atoms with Crippen LogP contribution in [0.5, 0.6) is 0 Å². The first-order chi connectivity index (χ1) is 12.5. The number of fused-ring (bicyclic) bond motifs is 1. The van der Waals surface area contributed by atoms with Gasteiger partial charge in [-0.2, -0.15) is 0 Å². The Bertz CT molecular complexity index is 768. The fraction of sp³-hybridized carbons (Fsp3) is 0.400. The summed E-state index contributed by atoms with van der Waals surface area (Å²) in [5.41, 5.74) is 3.24. The molecule has 3 heterocycles. The number of aromatic nitrogens is 1. The van der Waals surface area contributed by atoms with Crippen LogP contribution in [0.2, 0.25) is 0 Å². The van der Waals surface area contributed by atoms with E-state index in [0.29, 0.717) is 17.5 Å². The van der Waals surface area contributed by atoms with Gasteiger partial charge in [-0.1, -0.05) is 24.3 Å². The lowest BCUT2D eigenvalue weighted by atomic mass is 9.87. The molecule has 3 atom stereocenters. The zero-order chi connectivity index (χ0) is 18.7. The predicted octanol–water partition coefficient (Wildman–Crippen LogP) is 2.45. The SMILES string of the molecule is CC(=O)O.Cc1ccccc1[C@@H]1[C@H]2CNC[C@H]2CN1C(=O)c1ccc[nH]1. The van der Waals surface area contributed by atoms with E-state index in [4.69, 9.17) is 9.90 Å². The Labute approximate surface area is 153 Å². The molecule has 2 fully saturated rings. The van der Waals surface area contributed by atoms with Crippen molar-refractivity contribution < 1.29 is 14.7 Å². The highest BCUT2D eigenvalue weighted by molar-refractivity contribution is 5.93. The van der Waals surface area contributed by atoms with Crippen LogP contribution >= 0.6 is 0 Å². The quantitative estimate of drug-likeness (QED) is 0.772. The molecule has 1 amide bonds. The Morgan fingerprint density at radius 2 is 1.88 bits per heavy atom. The number of nitrogens with one attached hydrogen (secondary N) is 2. The highest BCUT2D eigenvalue weighted by Gasteiger charge is 2.47. The van der Waals surface area contributed by atoms with E-state index in [2.05, 4.69) is 46.4 Å². The molecule has 2 aromatic rings. The standard InChI is InChI=1S/C18H21N3O.C2H4O2/c1-12-5-2-3-6-14(12)17-15-10-19-9-13(15)11-21(17)18(22)16-7-4-8-20-16;1-2(3)4/h2-8,13,15,17,19-20H,9-11H2,1H3;1H3,(H,3,4)/t13-,15-,17+;/m0./s1. The van der Waals surface area contributed by atoms with Crippen LogP contribution in [0.4, 0.5) is 0 Å². The minimum Gasteiger partial charge on any atom is -0.481 e. The van der Waals surface area contributed by atoms with Crippen LogP contribution in [0.15, 0.2) is 42.6 Å². The molecule has 6 heteroatoms. The Hall–Kier alpha value is -2.60. The summed E-state index contributed by atoms with van der Waals surface area (Å²) in [6.45, 7) is 6.08. The molecule has 0 spiro atoms. The molecule has 0 aliphatic carbocycles. The van der Waals surface area contributed by atoms with E-state index < -0.39 is 5.97 Å². The number of carboxylic acid groups (broad SMARTS) is 1. The molecule has 2 aliphatic rings. The molecule has 3 N–H and O–H groups in total. The molecular weight excluding hydrogens is 330 g/mol. The summed E-state index contributed by atoms with van der Waals surface area (Å²) in [6.07, 6.45) is 1.81. The number of carbonyl (C=O) groups is 2. The van der Waals surface area contributed by atoms with Crippen molar-refractivity contribution in [2.45, 2.75) is 19.9 Å². The van der Waals surface area contributed by atoms with Gasteiger partial charge in [-0.3, -0.25) is 9.59 Å². The third kappa shape index (κ3) is 3.65. The van der Waals surface area contributed by atoms with Gasteiger partial charge < -0.3 is 20.3 Å². The number of likely N-dealkylation sites (tertiary alicyclic amines) is 1. The number of aryl methyl sites for hydroxylation is 1. The van der Waals surface area contributed by atoms with E-state index in [1.165, 1.54) is 11.1 Å². The Kier molecular flexibility index (Phi) is 5.42. The second-order valence-corrected chi connectivity index (χ2v) is 6.94. The molecule has 26 heavy (non-hydrogen) atoms. The van der Waals surface area contributed by atoms with Gasteiger partial charge in [-0.25, -0.2) is 0 Å². The molecule has 0 saturated carbocycles. The van der Waals surface area contributed by atoms with Crippen molar-refractivity contribution in [1.82, 2.24) is 15.2 Å². The van der Waals surface area contributed by atoms with E-state index >= 15 is 0 Å². The highest BCUT2D eigenvalue weighted by Crippen LogP contribution is 2.44. The molecule has 2 aliphatic heterocycles. The highest BCUT2D eigenvalue weighted by atomic mass is 16.4. The second kappa shape index (κ2) is 7.74. The molecule has 6 nitrogen and oxygen atoms in total. The number of nitrogens with zero attached hydrogens (tertiary/aromatic N) is 1. The van der Waals surface area contributed by atoms with Gasteiger partial charge in [0.1, 0.15) is 5.69 Å². The van der Waals surface area contributed by atoms with Gasteiger partial charge >= 0.3 is 0 Å². The molecular formula is C20H25N3O3. The number of amides is 1. The fourth-order valence-electron chi connectivity index (χ4n) is 4.06. The molecule has 4 rings (SSSR count). The van der Waals surface area contributed by atoms with Crippen molar-refractivity contribution in [3.8, 4) is 0 Å². The van der Waals surface area contributed by atoms with Crippen molar-refractivity contribution in [2.75, 3.05) is 19.6 Å². The summed E-state index contributed by atoms with van der Waals surface area (Å²) in [5.74, 6) is 0.358. The van der Waals surface area contributed by atoms with Crippen molar-refractivity contribution in [3.05, 3.63) is 59.4 Å². The minimum absolute atomic E-state index is 0.118. The van der Waals surface area contributed by atoms with Gasteiger partial charge in [0.15, 0.2) is 0 Å². The molecule has 0 bridgehead atoms. The molecule has 0 unspecified atom stereocenters. The molecule has 1 aromatic carbocycles. The first kappa shape index (κ1) is 18.2. The lowest BCUT2D eigenvalue weighted by molar-refractivity contribution is -0.134. The molecule has 1 aromatic heterocycles. The molecule has 0 radical (unpaired) electrons. The third-order valence-corrected chi connectivity index (χ3v) is 5.16. The Morgan fingerprint density at radius 1 is 1.15 bits per heavy atom. The molecule has 2 saturated heterocycles. The maximum atomic E-state index is 12.9. The average molecular weight is 355 g/mol. The van der Waals surface area contributed by atoms with E-state index in [-0.39, 0.29) is 11.9 Å². The van der Waals surface area contributed by atoms with Crippen molar-refractivity contribution in [3.63, 3.8) is 0 Å². The summed E-state index contributed by atoms with van der Waals surface area (Å²) < 4.78 is 0. The van der Waals surface area contributed by atoms with Gasteiger partial charge in [-0.05, 0) is 36.1 Å². The lowest BCUT2D eigenvalue weighted by Crippen LogP contribution is -2.35.